The monoisotopic (exact) mass is 382 g/mol. The van der Waals surface area contributed by atoms with Crippen LogP contribution in [0.2, 0.25) is 0 Å². The summed E-state index contributed by atoms with van der Waals surface area (Å²) in [4.78, 5) is 11.9. The fraction of sp³-hybridized carbons (Fsp3) is 0.273. The van der Waals surface area contributed by atoms with Crippen molar-refractivity contribution in [3.05, 3.63) is 59.9 Å². The van der Waals surface area contributed by atoms with Gasteiger partial charge in [-0.05, 0) is 42.2 Å². The Labute approximate surface area is 160 Å². The van der Waals surface area contributed by atoms with Crippen LogP contribution in [0.1, 0.15) is 35.8 Å². The topological polar surface area (TPSA) is 55.1 Å². The molecule has 0 saturated heterocycles. The first-order valence-electron chi connectivity index (χ1n) is 9.06. The summed E-state index contributed by atoms with van der Waals surface area (Å²) in [5.74, 6) is 0. The van der Waals surface area contributed by atoms with Crippen LogP contribution in [0.3, 0.4) is 0 Å². The maximum Gasteiger partial charge on any atom is 0.253 e. The van der Waals surface area contributed by atoms with Gasteiger partial charge in [0.1, 0.15) is 7.05 Å². The minimum atomic E-state index is -3.31. The quantitative estimate of drug-likeness (QED) is 0.480. The number of hydrogen-bond donors (Lipinski definition) is 0. The van der Waals surface area contributed by atoms with Gasteiger partial charge in [0.05, 0.1) is 15.8 Å². The van der Waals surface area contributed by atoms with E-state index >= 15 is 0 Å². The third-order valence-corrected chi connectivity index (χ3v) is 6.02. The summed E-state index contributed by atoms with van der Waals surface area (Å²) in [6, 6.07) is 13.1. The highest BCUT2D eigenvalue weighted by Crippen LogP contribution is 2.33. The van der Waals surface area contributed by atoms with Gasteiger partial charge in [0.2, 0.25) is 6.29 Å². The van der Waals surface area contributed by atoms with Crippen LogP contribution in [0.15, 0.2) is 53.6 Å². The van der Waals surface area contributed by atoms with Crippen LogP contribution < -0.4 is 4.57 Å². The fourth-order valence-corrected chi connectivity index (χ4v) is 4.09. The summed E-state index contributed by atoms with van der Waals surface area (Å²) >= 11 is 0. The van der Waals surface area contributed by atoms with E-state index in [1.807, 2.05) is 43.6 Å². The summed E-state index contributed by atoms with van der Waals surface area (Å²) < 4.78 is 26.0. The Morgan fingerprint density at radius 3 is 2.37 bits per heavy atom. The number of benzene rings is 2. The highest BCUT2D eigenvalue weighted by atomic mass is 32.2. The summed E-state index contributed by atoms with van der Waals surface area (Å²) in [5, 5.41) is 1.81. The van der Waals surface area contributed by atoms with Gasteiger partial charge in [0.25, 0.3) is 5.69 Å². The Morgan fingerprint density at radius 1 is 1.04 bits per heavy atom. The number of unbranched alkanes of at least 4 members (excludes halogenated alkanes) is 1. The van der Waals surface area contributed by atoms with Crippen molar-refractivity contribution in [1.82, 2.24) is 0 Å². The number of fused-ring (bicyclic) bond motifs is 1. The van der Waals surface area contributed by atoms with Crippen molar-refractivity contribution in [2.75, 3.05) is 6.26 Å². The van der Waals surface area contributed by atoms with Gasteiger partial charge in [-0.15, -0.1) is 0 Å². The number of carbonyl (C=O) groups excluding carboxylic acids is 1. The molecular weight excluding hydrogens is 358 g/mol. The molecule has 0 saturated carbocycles. The average Bonchev–Trinajstić information content (AvgIpc) is 2.65. The zero-order chi connectivity index (χ0) is 19.6. The lowest BCUT2D eigenvalue weighted by atomic mass is 9.93. The van der Waals surface area contributed by atoms with Crippen molar-refractivity contribution in [3.8, 4) is 11.1 Å². The molecule has 0 fully saturated rings. The van der Waals surface area contributed by atoms with Crippen LogP contribution in [-0.2, 0) is 23.3 Å². The summed E-state index contributed by atoms with van der Waals surface area (Å²) in [6.45, 7) is 2.14. The molecule has 27 heavy (non-hydrogen) atoms. The molecule has 4 nitrogen and oxygen atoms in total. The van der Waals surface area contributed by atoms with E-state index in [1.54, 1.807) is 16.7 Å². The van der Waals surface area contributed by atoms with Crippen LogP contribution in [0.4, 0.5) is 0 Å². The number of nitrogens with zero attached hydrogens (tertiary/aromatic N) is 1. The standard InChI is InChI=1S/C22H24NO3S/c1-4-5-8-16-11-12-17(27(3,25)26)13-20(16)21-14-23(2)22(15-24)19-10-7-6-9-18(19)21/h6-7,9-15H,4-5,8H2,1-3H3/q+1. The Morgan fingerprint density at radius 2 is 1.74 bits per heavy atom. The smallest absolute Gasteiger partial charge is 0.253 e. The minimum Gasteiger partial charge on any atom is -0.291 e. The molecule has 0 aliphatic carbocycles. The molecule has 140 valence electrons. The molecule has 0 aliphatic rings. The van der Waals surface area contributed by atoms with Crippen molar-refractivity contribution in [2.45, 2.75) is 31.1 Å². The second kappa shape index (κ2) is 7.61. The first-order valence-corrected chi connectivity index (χ1v) is 11.0. The number of aromatic nitrogens is 1. The summed E-state index contributed by atoms with van der Waals surface area (Å²) in [5.41, 5.74) is 3.57. The molecule has 1 heterocycles. The lowest BCUT2D eigenvalue weighted by molar-refractivity contribution is -0.671. The van der Waals surface area contributed by atoms with E-state index in [1.165, 1.54) is 6.26 Å². The van der Waals surface area contributed by atoms with Gasteiger partial charge in [-0.25, -0.2) is 8.42 Å². The molecule has 3 aromatic rings. The lowest BCUT2D eigenvalue weighted by Crippen LogP contribution is -2.33. The maximum atomic E-state index is 12.1. The number of aryl methyl sites for hydroxylation is 2. The van der Waals surface area contributed by atoms with Gasteiger partial charge in [-0.2, -0.15) is 4.57 Å². The molecule has 3 rings (SSSR count). The zero-order valence-electron chi connectivity index (χ0n) is 15.9. The Hall–Kier alpha value is -2.53. The van der Waals surface area contributed by atoms with Gasteiger partial charge < -0.3 is 0 Å². The van der Waals surface area contributed by atoms with Gasteiger partial charge in [-0.1, -0.05) is 37.6 Å². The molecule has 0 radical (unpaired) electrons. The van der Waals surface area contributed by atoms with E-state index < -0.39 is 9.84 Å². The third-order valence-electron chi connectivity index (χ3n) is 4.91. The molecule has 1 aromatic heterocycles. The van der Waals surface area contributed by atoms with Crippen LogP contribution in [0, 0.1) is 0 Å². The number of rotatable bonds is 6. The van der Waals surface area contributed by atoms with Crippen molar-refractivity contribution >= 4 is 26.9 Å². The van der Waals surface area contributed by atoms with Crippen molar-refractivity contribution in [3.63, 3.8) is 0 Å². The van der Waals surface area contributed by atoms with E-state index in [-0.39, 0.29) is 0 Å². The van der Waals surface area contributed by atoms with Crippen LogP contribution in [0.25, 0.3) is 21.9 Å². The maximum absolute atomic E-state index is 12.1. The van der Waals surface area contributed by atoms with E-state index in [4.69, 9.17) is 0 Å². The predicted octanol–water partition coefficient (Wildman–Crippen LogP) is 3.89. The molecule has 5 heteroatoms. The first-order chi connectivity index (χ1) is 12.9. The second-order valence-electron chi connectivity index (χ2n) is 6.90. The summed E-state index contributed by atoms with van der Waals surface area (Å²) in [7, 11) is -1.47. The molecule has 0 aliphatic heterocycles. The largest absolute Gasteiger partial charge is 0.291 e. The average molecular weight is 383 g/mol. The normalized spacial score (nSPS) is 11.7. The van der Waals surface area contributed by atoms with Gasteiger partial charge in [0.15, 0.2) is 16.0 Å². The Kier molecular flexibility index (Phi) is 5.42. The molecule has 0 bridgehead atoms. The fourth-order valence-electron chi connectivity index (χ4n) is 3.45. The number of aldehydes is 1. The second-order valence-corrected chi connectivity index (χ2v) is 8.91. The first kappa shape index (κ1) is 19.2. The molecule has 2 aromatic carbocycles. The molecular formula is C22H24NO3S+. The molecule has 0 N–H and O–H groups in total. The minimum absolute atomic E-state index is 0.309. The molecule has 0 spiro atoms. The van der Waals surface area contributed by atoms with E-state index in [0.717, 1.165) is 53.0 Å². The molecule has 0 unspecified atom stereocenters. The SMILES string of the molecule is CCCCc1ccc(S(C)(=O)=O)cc1-c1c[n+](C)c(C=O)c2ccccc12. The van der Waals surface area contributed by atoms with Gasteiger partial charge in [0, 0.05) is 11.6 Å². The third kappa shape index (κ3) is 3.78. The number of carbonyl (C=O) groups is 1. The number of hydrogen-bond acceptors (Lipinski definition) is 3. The van der Waals surface area contributed by atoms with Crippen LogP contribution in [-0.4, -0.2) is 21.0 Å². The van der Waals surface area contributed by atoms with E-state index in [0.29, 0.717) is 10.6 Å². The van der Waals surface area contributed by atoms with E-state index in [9.17, 15) is 13.2 Å². The van der Waals surface area contributed by atoms with Crippen molar-refractivity contribution in [2.24, 2.45) is 7.05 Å². The molecule has 0 amide bonds. The number of sulfone groups is 1. The predicted molar refractivity (Wildman–Crippen MR) is 108 cm³/mol. The number of pyridine rings is 1. The Balaban J connectivity index is 2.37. The lowest BCUT2D eigenvalue weighted by Gasteiger charge is -2.13. The van der Waals surface area contributed by atoms with Gasteiger partial charge in [-0.3, -0.25) is 4.79 Å². The van der Waals surface area contributed by atoms with Crippen LogP contribution >= 0.6 is 0 Å². The van der Waals surface area contributed by atoms with Crippen LogP contribution in [0.5, 0.6) is 0 Å². The highest BCUT2D eigenvalue weighted by molar-refractivity contribution is 7.90. The zero-order valence-corrected chi connectivity index (χ0v) is 16.7. The van der Waals surface area contributed by atoms with E-state index in [2.05, 4.69) is 6.92 Å². The van der Waals surface area contributed by atoms with Crippen molar-refractivity contribution in [1.29, 1.82) is 0 Å². The Bertz CT molecular complexity index is 1120. The van der Waals surface area contributed by atoms with Crippen molar-refractivity contribution < 1.29 is 17.8 Å². The highest BCUT2D eigenvalue weighted by Gasteiger charge is 2.20. The summed E-state index contributed by atoms with van der Waals surface area (Å²) in [6.07, 6.45) is 6.97. The molecule has 0 atom stereocenters. The van der Waals surface area contributed by atoms with Gasteiger partial charge >= 0.3 is 0 Å².